The van der Waals surface area contributed by atoms with Gasteiger partial charge in [-0.2, -0.15) is 16.1 Å². The van der Waals surface area contributed by atoms with Gasteiger partial charge >= 0.3 is 0 Å². The molecule has 1 aliphatic carbocycles. The molecule has 2 heterocycles. The van der Waals surface area contributed by atoms with Gasteiger partial charge in [-0.3, -0.25) is 4.79 Å². The van der Waals surface area contributed by atoms with E-state index in [1.807, 2.05) is 0 Å². The van der Waals surface area contributed by atoms with Crippen LogP contribution in [-0.4, -0.2) is 55.3 Å². The lowest BCUT2D eigenvalue weighted by atomic mass is 9.92. The van der Waals surface area contributed by atoms with Gasteiger partial charge in [-0.25, -0.2) is 8.42 Å². The van der Waals surface area contributed by atoms with E-state index in [0.717, 1.165) is 37.2 Å². The van der Waals surface area contributed by atoms with Crippen molar-refractivity contribution in [3.05, 3.63) is 16.3 Å². The Balaban J connectivity index is 1.73. The Labute approximate surface area is 151 Å². The van der Waals surface area contributed by atoms with Crippen LogP contribution in [0.3, 0.4) is 0 Å². The van der Waals surface area contributed by atoms with E-state index in [4.69, 9.17) is 5.73 Å². The number of sulfonamides is 1. The van der Waals surface area contributed by atoms with Crippen molar-refractivity contribution in [2.75, 3.05) is 24.6 Å². The normalized spacial score (nSPS) is 26.2. The van der Waals surface area contributed by atoms with Gasteiger partial charge in [0.05, 0.1) is 0 Å². The lowest BCUT2D eigenvalue weighted by Gasteiger charge is -2.27. The molecule has 0 atom stereocenters. The van der Waals surface area contributed by atoms with E-state index in [-0.39, 0.29) is 22.9 Å². The van der Waals surface area contributed by atoms with Gasteiger partial charge in [0.1, 0.15) is 9.77 Å². The summed E-state index contributed by atoms with van der Waals surface area (Å²) in [4.78, 5) is 13.0. The van der Waals surface area contributed by atoms with Crippen LogP contribution in [0.25, 0.3) is 0 Å². The van der Waals surface area contributed by atoms with Gasteiger partial charge in [0, 0.05) is 36.7 Å². The molecule has 2 fully saturated rings. The molecule has 134 valence electrons. The molecule has 3 rings (SSSR count). The predicted molar refractivity (Wildman–Crippen MR) is 98.1 cm³/mol. The quantitative estimate of drug-likeness (QED) is 0.814. The summed E-state index contributed by atoms with van der Waals surface area (Å²) in [6.45, 7) is 1.01. The highest BCUT2D eigenvalue weighted by Crippen LogP contribution is 2.27. The zero-order valence-corrected chi connectivity index (χ0v) is 15.9. The van der Waals surface area contributed by atoms with E-state index < -0.39 is 10.0 Å². The maximum absolute atomic E-state index is 12.8. The molecule has 0 aromatic carbocycles. The first-order valence-corrected chi connectivity index (χ1v) is 11.7. The molecule has 1 aromatic rings. The standard InChI is InChI=1S/C15H23N3O3S3/c16-11-1-3-12(4-2-11)17-15(19)14-13(5-8-23-14)24(20,21)18-6-9-22-10-7-18/h5,8,11-12H,1-4,6-7,9-10,16H2,(H,17,19). The largest absolute Gasteiger partial charge is 0.349 e. The van der Waals surface area contributed by atoms with Crippen LogP contribution in [0.5, 0.6) is 0 Å². The Morgan fingerprint density at radius 3 is 2.54 bits per heavy atom. The molecule has 6 nitrogen and oxygen atoms in total. The van der Waals surface area contributed by atoms with Crippen molar-refractivity contribution in [3.8, 4) is 0 Å². The summed E-state index contributed by atoms with van der Waals surface area (Å²) < 4.78 is 27.2. The van der Waals surface area contributed by atoms with Crippen molar-refractivity contribution >= 4 is 39.0 Å². The van der Waals surface area contributed by atoms with Crippen LogP contribution >= 0.6 is 23.1 Å². The van der Waals surface area contributed by atoms with E-state index in [1.54, 1.807) is 23.2 Å². The van der Waals surface area contributed by atoms with E-state index in [9.17, 15) is 13.2 Å². The Hall–Kier alpha value is -0.610. The third-order valence-corrected chi connectivity index (χ3v) is 8.46. The lowest BCUT2D eigenvalue weighted by Crippen LogP contribution is -2.41. The Bertz CT molecular complexity index is 675. The summed E-state index contributed by atoms with van der Waals surface area (Å²) >= 11 is 2.94. The highest BCUT2D eigenvalue weighted by atomic mass is 32.2. The van der Waals surface area contributed by atoms with Gasteiger partial charge in [0.25, 0.3) is 5.91 Å². The third kappa shape index (κ3) is 3.96. The van der Waals surface area contributed by atoms with Crippen molar-refractivity contribution < 1.29 is 13.2 Å². The SMILES string of the molecule is NC1CCC(NC(=O)c2sccc2S(=O)(=O)N2CCSCC2)CC1. The number of amides is 1. The second-order valence-corrected chi connectivity index (χ2v) is 10.3. The predicted octanol–water partition coefficient (Wildman–Crippen LogP) is 1.49. The first-order chi connectivity index (χ1) is 11.5. The van der Waals surface area contributed by atoms with E-state index in [2.05, 4.69) is 5.32 Å². The number of hydrogen-bond donors (Lipinski definition) is 2. The molecule has 2 aliphatic rings. The molecule has 0 bridgehead atoms. The van der Waals surface area contributed by atoms with Crippen LogP contribution in [0.1, 0.15) is 35.4 Å². The lowest BCUT2D eigenvalue weighted by molar-refractivity contribution is 0.0927. The molecule has 1 amide bonds. The summed E-state index contributed by atoms with van der Waals surface area (Å²) in [6, 6.07) is 1.85. The van der Waals surface area contributed by atoms with E-state index in [0.29, 0.717) is 18.0 Å². The number of nitrogens with one attached hydrogen (secondary N) is 1. The Morgan fingerprint density at radius 2 is 1.88 bits per heavy atom. The minimum atomic E-state index is -3.59. The van der Waals surface area contributed by atoms with E-state index >= 15 is 0 Å². The maximum atomic E-state index is 12.8. The van der Waals surface area contributed by atoms with Gasteiger partial charge in [-0.05, 0) is 37.1 Å². The summed E-state index contributed by atoms with van der Waals surface area (Å²) in [7, 11) is -3.59. The fraction of sp³-hybridized carbons (Fsp3) is 0.667. The van der Waals surface area contributed by atoms with Crippen molar-refractivity contribution in [2.24, 2.45) is 5.73 Å². The van der Waals surface area contributed by atoms with Crippen LogP contribution < -0.4 is 11.1 Å². The van der Waals surface area contributed by atoms with Crippen LogP contribution in [0, 0.1) is 0 Å². The summed E-state index contributed by atoms with van der Waals surface area (Å²) in [6.07, 6.45) is 3.49. The second kappa shape index (κ2) is 7.74. The summed E-state index contributed by atoms with van der Waals surface area (Å²) in [5, 5.41) is 4.66. The number of thioether (sulfide) groups is 1. The monoisotopic (exact) mass is 389 g/mol. The number of thiophene rings is 1. The Morgan fingerprint density at radius 1 is 1.21 bits per heavy atom. The van der Waals surface area contributed by atoms with Gasteiger partial charge in [0.2, 0.25) is 10.0 Å². The highest BCUT2D eigenvalue weighted by molar-refractivity contribution is 7.99. The van der Waals surface area contributed by atoms with Gasteiger partial charge < -0.3 is 11.1 Å². The molecule has 0 radical (unpaired) electrons. The van der Waals surface area contributed by atoms with Gasteiger partial charge in [-0.15, -0.1) is 11.3 Å². The summed E-state index contributed by atoms with van der Waals surface area (Å²) in [5.74, 6) is 1.32. The van der Waals surface area contributed by atoms with Crippen LogP contribution in [0.2, 0.25) is 0 Å². The van der Waals surface area contributed by atoms with Crippen LogP contribution in [-0.2, 0) is 10.0 Å². The molecule has 24 heavy (non-hydrogen) atoms. The van der Waals surface area contributed by atoms with E-state index in [1.165, 1.54) is 15.6 Å². The number of carbonyl (C=O) groups is 1. The molecule has 1 saturated carbocycles. The van der Waals surface area contributed by atoms with Crippen molar-refractivity contribution in [2.45, 2.75) is 42.7 Å². The third-order valence-electron chi connectivity index (χ3n) is 4.53. The minimum Gasteiger partial charge on any atom is -0.349 e. The molecule has 0 unspecified atom stereocenters. The number of rotatable bonds is 4. The zero-order chi connectivity index (χ0) is 17.2. The fourth-order valence-electron chi connectivity index (χ4n) is 3.11. The molecule has 3 N–H and O–H groups in total. The molecular formula is C15H23N3O3S3. The molecule has 1 aliphatic heterocycles. The van der Waals surface area contributed by atoms with Crippen LogP contribution in [0.4, 0.5) is 0 Å². The average molecular weight is 390 g/mol. The number of carbonyl (C=O) groups excluding carboxylic acids is 1. The minimum absolute atomic E-state index is 0.0846. The van der Waals surface area contributed by atoms with Gasteiger partial charge in [0.15, 0.2) is 0 Å². The average Bonchev–Trinajstić information content (AvgIpc) is 3.08. The fourth-order valence-corrected chi connectivity index (χ4v) is 6.99. The van der Waals surface area contributed by atoms with Crippen LogP contribution in [0.15, 0.2) is 16.3 Å². The first-order valence-electron chi connectivity index (χ1n) is 8.20. The van der Waals surface area contributed by atoms with Crippen molar-refractivity contribution in [1.29, 1.82) is 0 Å². The number of hydrogen-bond acceptors (Lipinski definition) is 6. The Kier molecular flexibility index (Phi) is 5.86. The van der Waals surface area contributed by atoms with Gasteiger partial charge in [-0.1, -0.05) is 0 Å². The second-order valence-electron chi connectivity index (χ2n) is 6.22. The first kappa shape index (κ1) is 18.2. The molecule has 9 heteroatoms. The molecule has 1 aromatic heterocycles. The smallest absolute Gasteiger partial charge is 0.262 e. The maximum Gasteiger partial charge on any atom is 0.262 e. The number of nitrogens with two attached hydrogens (primary N) is 1. The molecule has 1 saturated heterocycles. The highest BCUT2D eigenvalue weighted by Gasteiger charge is 2.32. The molecular weight excluding hydrogens is 366 g/mol. The van der Waals surface area contributed by atoms with Crippen molar-refractivity contribution in [3.63, 3.8) is 0 Å². The number of nitrogens with zero attached hydrogens (tertiary/aromatic N) is 1. The zero-order valence-electron chi connectivity index (χ0n) is 13.4. The topological polar surface area (TPSA) is 92.5 Å². The van der Waals surface area contributed by atoms with Crippen molar-refractivity contribution in [1.82, 2.24) is 9.62 Å². The summed E-state index contributed by atoms with van der Waals surface area (Å²) in [5.41, 5.74) is 5.89. The molecule has 0 spiro atoms.